The van der Waals surface area contributed by atoms with Crippen LogP contribution in [0.15, 0.2) is 17.5 Å². The molecule has 17 heteroatoms. The summed E-state index contributed by atoms with van der Waals surface area (Å²) in [5, 5.41) is 24.9. The fourth-order valence-corrected chi connectivity index (χ4v) is 3.15. The number of aliphatic imine (C=N–C) groups is 1. The molecular weight excluding hydrogens is 498 g/mol. The molecule has 0 fully saturated rings. The van der Waals surface area contributed by atoms with Crippen molar-refractivity contribution in [3.8, 4) is 0 Å². The zero-order chi connectivity index (χ0) is 27.3. The summed E-state index contributed by atoms with van der Waals surface area (Å²) >= 11 is 4.00. The van der Waals surface area contributed by atoms with Gasteiger partial charge in [0.05, 0.1) is 18.8 Å². The summed E-state index contributed by atoms with van der Waals surface area (Å²) in [5.41, 5.74) is 17.1. The number of carboxylic acids is 2. The Balaban J connectivity index is 2.89. The van der Waals surface area contributed by atoms with E-state index in [1.807, 2.05) is 5.32 Å². The minimum absolute atomic E-state index is 0.0722. The van der Waals surface area contributed by atoms with Gasteiger partial charge in [0, 0.05) is 30.6 Å². The number of amides is 3. The van der Waals surface area contributed by atoms with Crippen molar-refractivity contribution >= 4 is 48.2 Å². The molecular formula is C19H31N9O7S. The minimum Gasteiger partial charge on any atom is -0.481 e. The molecule has 1 heterocycles. The van der Waals surface area contributed by atoms with Gasteiger partial charge in [-0.3, -0.25) is 24.2 Å². The Morgan fingerprint density at radius 2 is 1.64 bits per heavy atom. The van der Waals surface area contributed by atoms with Crippen LogP contribution in [-0.4, -0.2) is 92.3 Å². The number of carbonyl (C=O) groups is 5. The average molecular weight is 530 g/mol. The normalized spacial score (nSPS) is 13.9. The molecule has 0 aliphatic carbocycles. The van der Waals surface area contributed by atoms with Gasteiger partial charge >= 0.3 is 11.9 Å². The van der Waals surface area contributed by atoms with Crippen molar-refractivity contribution in [1.29, 1.82) is 0 Å². The van der Waals surface area contributed by atoms with E-state index in [9.17, 15) is 24.0 Å². The van der Waals surface area contributed by atoms with Gasteiger partial charge in [-0.25, -0.2) is 9.78 Å². The molecule has 1 aromatic rings. The number of carbonyl (C=O) groups excluding carboxylic acids is 3. The second kappa shape index (κ2) is 15.2. The van der Waals surface area contributed by atoms with Crippen LogP contribution < -0.4 is 33.2 Å². The highest BCUT2D eigenvalue weighted by Gasteiger charge is 2.30. The number of nitrogens with zero attached hydrogens (tertiary/aromatic N) is 2. The fourth-order valence-electron chi connectivity index (χ4n) is 2.89. The number of hydrogen-bond acceptors (Lipinski definition) is 9. The van der Waals surface area contributed by atoms with Crippen molar-refractivity contribution in [2.75, 3.05) is 12.3 Å². The number of imidazole rings is 1. The molecule has 4 atom stereocenters. The van der Waals surface area contributed by atoms with E-state index >= 15 is 0 Å². The van der Waals surface area contributed by atoms with E-state index in [0.717, 1.165) is 0 Å². The van der Waals surface area contributed by atoms with Crippen LogP contribution in [0.5, 0.6) is 0 Å². The molecule has 0 bridgehead atoms. The third-order valence-corrected chi connectivity index (χ3v) is 5.08. The van der Waals surface area contributed by atoms with Crippen LogP contribution in [0.4, 0.5) is 0 Å². The van der Waals surface area contributed by atoms with E-state index in [1.54, 1.807) is 0 Å². The van der Waals surface area contributed by atoms with Gasteiger partial charge in [-0.05, 0) is 12.8 Å². The lowest BCUT2D eigenvalue weighted by Gasteiger charge is -2.24. The standard InChI is InChI=1S/C19H31N9O7S/c20-10(4-9-6-23-8-25-9)15(31)26-11(2-1-3-24-19(21)22)16(32)28-13(7-36)17(33)27-12(18(34)35)5-14(29)30/h6,8,10-13,36H,1-5,7,20H2,(H,23,25)(H,26,31)(H,27,33)(H,28,32)(H,29,30)(H,34,35)(H4,21,22,24). The first-order valence-electron chi connectivity index (χ1n) is 10.7. The molecule has 0 aliphatic rings. The van der Waals surface area contributed by atoms with Gasteiger partial charge in [0.2, 0.25) is 17.7 Å². The van der Waals surface area contributed by atoms with Gasteiger partial charge in [0.1, 0.15) is 18.1 Å². The topological polar surface area (TPSA) is 281 Å². The molecule has 16 nitrogen and oxygen atoms in total. The lowest BCUT2D eigenvalue weighted by atomic mass is 10.1. The van der Waals surface area contributed by atoms with E-state index < -0.39 is 60.2 Å². The Kier molecular flexibility index (Phi) is 12.7. The summed E-state index contributed by atoms with van der Waals surface area (Å²) < 4.78 is 0. The largest absolute Gasteiger partial charge is 0.481 e. The smallest absolute Gasteiger partial charge is 0.326 e. The zero-order valence-electron chi connectivity index (χ0n) is 19.2. The van der Waals surface area contributed by atoms with Gasteiger partial charge in [-0.2, -0.15) is 12.6 Å². The van der Waals surface area contributed by atoms with E-state index in [-0.39, 0.29) is 37.5 Å². The van der Waals surface area contributed by atoms with Crippen LogP contribution in [-0.2, 0) is 30.4 Å². The third-order valence-electron chi connectivity index (χ3n) is 4.72. The summed E-state index contributed by atoms with van der Waals surface area (Å²) in [7, 11) is 0. The first kappa shape index (κ1) is 30.2. The second-order valence-corrected chi connectivity index (χ2v) is 8.00. The van der Waals surface area contributed by atoms with Crippen LogP contribution in [0.3, 0.4) is 0 Å². The first-order valence-corrected chi connectivity index (χ1v) is 11.3. The zero-order valence-corrected chi connectivity index (χ0v) is 20.1. The number of H-pyrrole nitrogens is 1. The summed E-state index contributed by atoms with van der Waals surface area (Å²) in [6.45, 7) is 0.161. The maximum atomic E-state index is 12.9. The van der Waals surface area contributed by atoms with Gasteiger partial charge in [0.15, 0.2) is 5.96 Å². The average Bonchev–Trinajstić information content (AvgIpc) is 3.30. The molecule has 12 N–H and O–H groups in total. The predicted octanol–water partition coefficient (Wildman–Crippen LogP) is -3.72. The molecule has 1 aromatic heterocycles. The Morgan fingerprint density at radius 3 is 2.17 bits per heavy atom. The highest BCUT2D eigenvalue weighted by molar-refractivity contribution is 7.80. The number of thiol groups is 1. The molecule has 0 spiro atoms. The second-order valence-electron chi connectivity index (χ2n) is 7.64. The van der Waals surface area contributed by atoms with Crippen molar-refractivity contribution in [3.05, 3.63) is 18.2 Å². The number of aromatic nitrogens is 2. The monoisotopic (exact) mass is 529 g/mol. The van der Waals surface area contributed by atoms with E-state index in [2.05, 4.69) is 38.2 Å². The van der Waals surface area contributed by atoms with Gasteiger partial charge in [-0.1, -0.05) is 0 Å². The molecule has 0 aliphatic heterocycles. The maximum absolute atomic E-state index is 12.9. The van der Waals surface area contributed by atoms with Crippen LogP contribution in [0.1, 0.15) is 25.0 Å². The fraction of sp³-hybridized carbons (Fsp3) is 0.526. The number of aliphatic carboxylic acids is 2. The molecule has 36 heavy (non-hydrogen) atoms. The van der Waals surface area contributed by atoms with Gasteiger partial charge in [0.25, 0.3) is 0 Å². The number of nitrogens with two attached hydrogens (primary N) is 3. The lowest BCUT2D eigenvalue weighted by molar-refractivity contribution is -0.147. The van der Waals surface area contributed by atoms with Crippen LogP contribution >= 0.6 is 12.6 Å². The van der Waals surface area contributed by atoms with Crippen LogP contribution in [0.2, 0.25) is 0 Å². The Morgan fingerprint density at radius 1 is 1.03 bits per heavy atom. The van der Waals surface area contributed by atoms with Gasteiger partial charge < -0.3 is 48.3 Å². The molecule has 0 saturated carbocycles. The number of guanidine groups is 1. The molecule has 1 rings (SSSR count). The van der Waals surface area contributed by atoms with E-state index in [1.165, 1.54) is 12.5 Å². The number of rotatable bonds is 16. The molecule has 200 valence electrons. The quantitative estimate of drug-likeness (QED) is 0.0430. The maximum Gasteiger partial charge on any atom is 0.326 e. The Bertz CT molecular complexity index is 938. The lowest BCUT2D eigenvalue weighted by Crippen LogP contribution is -2.58. The summed E-state index contributed by atoms with van der Waals surface area (Å²) in [6, 6.07) is -5.21. The number of aromatic amines is 1. The molecule has 0 aromatic carbocycles. The highest BCUT2D eigenvalue weighted by atomic mass is 32.1. The number of nitrogens with one attached hydrogen (secondary N) is 4. The Hall–Kier alpha value is -3.86. The van der Waals surface area contributed by atoms with Crippen LogP contribution in [0.25, 0.3) is 0 Å². The number of carboxylic acid groups (broad SMARTS) is 2. The first-order chi connectivity index (χ1) is 16.9. The van der Waals surface area contributed by atoms with E-state index in [0.29, 0.717) is 5.69 Å². The molecule has 0 radical (unpaired) electrons. The predicted molar refractivity (Wildman–Crippen MR) is 130 cm³/mol. The summed E-state index contributed by atoms with van der Waals surface area (Å²) in [4.78, 5) is 70.5. The van der Waals surface area contributed by atoms with Crippen molar-refractivity contribution in [1.82, 2.24) is 25.9 Å². The van der Waals surface area contributed by atoms with E-state index in [4.69, 9.17) is 27.4 Å². The summed E-state index contributed by atoms with van der Waals surface area (Å²) in [5.74, 6) is -5.79. The van der Waals surface area contributed by atoms with Crippen molar-refractivity contribution in [2.45, 2.75) is 49.9 Å². The van der Waals surface area contributed by atoms with Crippen molar-refractivity contribution in [2.24, 2.45) is 22.2 Å². The van der Waals surface area contributed by atoms with Crippen molar-refractivity contribution in [3.63, 3.8) is 0 Å². The third kappa shape index (κ3) is 11.0. The molecule has 3 amide bonds. The SMILES string of the molecule is NC(N)=NCCCC(NC(=O)C(N)Cc1cnc[nH]1)C(=O)NC(CS)C(=O)NC(CC(=O)O)C(=O)O. The Labute approximate surface area is 211 Å². The molecule has 0 saturated heterocycles. The van der Waals surface area contributed by atoms with Crippen LogP contribution in [0, 0.1) is 0 Å². The van der Waals surface area contributed by atoms with Crippen molar-refractivity contribution < 1.29 is 34.2 Å². The number of hydrogen-bond donors (Lipinski definition) is 10. The summed E-state index contributed by atoms with van der Waals surface area (Å²) in [6.07, 6.45) is 2.53. The minimum atomic E-state index is -1.72. The highest BCUT2D eigenvalue weighted by Crippen LogP contribution is 2.04. The van der Waals surface area contributed by atoms with Gasteiger partial charge in [-0.15, -0.1) is 0 Å². The molecule has 4 unspecified atom stereocenters.